The highest BCUT2D eigenvalue weighted by atomic mass is 16.5. The predicted octanol–water partition coefficient (Wildman–Crippen LogP) is 8.95. The van der Waals surface area contributed by atoms with Crippen LogP contribution in [0.4, 0.5) is 0 Å². The highest BCUT2D eigenvalue weighted by Gasteiger charge is 2.69. The summed E-state index contributed by atoms with van der Waals surface area (Å²) in [6.45, 7) is 17.0. The van der Waals surface area contributed by atoms with E-state index in [9.17, 15) is 14.7 Å². The van der Waals surface area contributed by atoms with Gasteiger partial charge in [-0.2, -0.15) is 0 Å². The van der Waals surface area contributed by atoms with Crippen LogP contribution in [0.15, 0.2) is 42.0 Å². The van der Waals surface area contributed by atoms with Gasteiger partial charge in [-0.15, -0.1) is 0 Å². The number of hydrogen-bond acceptors (Lipinski definition) is 3. The predicted molar refractivity (Wildman–Crippen MR) is 162 cm³/mol. The summed E-state index contributed by atoms with van der Waals surface area (Å²) in [5.41, 5.74) is 1.75. The lowest BCUT2D eigenvalue weighted by molar-refractivity contribution is -0.206. The van der Waals surface area contributed by atoms with Crippen LogP contribution in [0.2, 0.25) is 0 Å². The van der Waals surface area contributed by atoms with Crippen molar-refractivity contribution >= 4 is 11.9 Å². The minimum Gasteiger partial charge on any atom is -0.481 e. The van der Waals surface area contributed by atoms with Gasteiger partial charge in [-0.05, 0) is 116 Å². The van der Waals surface area contributed by atoms with Crippen LogP contribution in [0.5, 0.6) is 0 Å². The third kappa shape index (κ3) is 3.83. The molecule has 0 unspecified atom stereocenters. The van der Waals surface area contributed by atoms with Crippen LogP contribution in [-0.2, 0) is 9.53 Å². The molecule has 5 aliphatic rings. The molecule has 0 radical (unpaired) electrons. The van der Waals surface area contributed by atoms with E-state index >= 15 is 0 Å². The standard InChI is InChI=1S/C37H52O4/c1-23-15-20-37(32(39)40)22-21-35(6)26(30(37)24(23)2)13-14-28-34(5)18-17-29(41-31(38)25-11-9-8-10-12-25)33(3,4)27(34)16-19-36(28,35)7/h8-13,23-24,27-30H,14-22H2,1-7H3,(H,39,40)/t23-,24+,27+,28-,29+,30+,34+,35-,36-,37+/m1/s1. The maximum absolute atomic E-state index is 13.1. The Labute approximate surface area is 247 Å². The van der Waals surface area contributed by atoms with Crippen LogP contribution in [0, 0.1) is 56.7 Å². The van der Waals surface area contributed by atoms with Gasteiger partial charge in [0, 0.05) is 5.41 Å². The first-order chi connectivity index (χ1) is 19.2. The lowest BCUT2D eigenvalue weighted by atomic mass is 9.33. The van der Waals surface area contributed by atoms with E-state index < -0.39 is 11.4 Å². The van der Waals surface area contributed by atoms with Gasteiger partial charge < -0.3 is 9.84 Å². The first-order valence-electron chi connectivity index (χ1n) is 16.4. The molecule has 4 fully saturated rings. The largest absolute Gasteiger partial charge is 0.481 e. The number of ether oxygens (including phenoxy) is 1. The van der Waals surface area contributed by atoms with E-state index in [1.807, 2.05) is 30.3 Å². The minimum absolute atomic E-state index is 0.0274. The Kier molecular flexibility index (Phi) is 6.68. The van der Waals surface area contributed by atoms with Gasteiger partial charge in [-0.25, -0.2) is 4.79 Å². The second kappa shape index (κ2) is 9.45. The molecule has 0 aliphatic heterocycles. The Morgan fingerprint density at radius 3 is 2.24 bits per heavy atom. The fourth-order valence-electron chi connectivity index (χ4n) is 11.8. The molecule has 224 valence electrons. The molecule has 4 nitrogen and oxygen atoms in total. The molecule has 4 saturated carbocycles. The normalized spacial score (nSPS) is 46.6. The quantitative estimate of drug-likeness (QED) is 0.296. The fourth-order valence-corrected chi connectivity index (χ4v) is 11.8. The SMILES string of the molecule is C[C@H]1[C@H](C)CC[C@]2(C(=O)O)CC[C@]3(C)C(=CC[C@@H]4[C@@]5(C)CC[C@H](OC(=O)c6ccccc6)C(C)(C)[C@@H]5CC[C@]43C)[C@H]12. The molecular weight excluding hydrogens is 508 g/mol. The molecule has 0 heterocycles. The van der Waals surface area contributed by atoms with Crippen molar-refractivity contribution in [1.82, 2.24) is 0 Å². The number of carbonyl (C=O) groups is 2. The number of esters is 1. The number of fused-ring (bicyclic) bond motifs is 7. The van der Waals surface area contributed by atoms with Gasteiger partial charge in [-0.3, -0.25) is 4.79 Å². The molecule has 1 N–H and O–H groups in total. The first-order valence-corrected chi connectivity index (χ1v) is 16.4. The van der Waals surface area contributed by atoms with Gasteiger partial charge in [0.05, 0.1) is 11.0 Å². The molecule has 0 spiro atoms. The number of benzene rings is 1. The van der Waals surface area contributed by atoms with Gasteiger partial charge in [0.25, 0.3) is 0 Å². The number of hydrogen-bond donors (Lipinski definition) is 1. The van der Waals surface area contributed by atoms with Crippen LogP contribution in [0.25, 0.3) is 0 Å². The number of carboxylic acids is 1. The van der Waals surface area contributed by atoms with Gasteiger partial charge in [0.15, 0.2) is 0 Å². The summed E-state index contributed by atoms with van der Waals surface area (Å²) in [6, 6.07) is 9.41. The van der Waals surface area contributed by atoms with Crippen molar-refractivity contribution in [3.8, 4) is 0 Å². The Balaban J connectivity index is 1.33. The number of allylic oxidation sites excluding steroid dienone is 2. The van der Waals surface area contributed by atoms with Gasteiger partial charge in [0.1, 0.15) is 6.10 Å². The first kappa shape index (κ1) is 29.0. The molecule has 0 amide bonds. The zero-order chi connectivity index (χ0) is 29.6. The average Bonchev–Trinajstić information content (AvgIpc) is 2.93. The van der Waals surface area contributed by atoms with Crippen molar-refractivity contribution in [3.63, 3.8) is 0 Å². The smallest absolute Gasteiger partial charge is 0.338 e. The van der Waals surface area contributed by atoms with Crippen LogP contribution in [0.3, 0.4) is 0 Å². The average molecular weight is 561 g/mol. The lowest BCUT2D eigenvalue weighted by Crippen LogP contribution is -2.65. The molecule has 0 bridgehead atoms. The maximum atomic E-state index is 13.1. The summed E-state index contributed by atoms with van der Waals surface area (Å²) in [4.78, 5) is 26.0. The molecular formula is C37H52O4. The van der Waals surface area contributed by atoms with Gasteiger partial charge >= 0.3 is 11.9 Å². The Hall–Kier alpha value is -2.10. The van der Waals surface area contributed by atoms with E-state index in [4.69, 9.17) is 4.74 Å². The van der Waals surface area contributed by atoms with Crippen LogP contribution in [0.1, 0.15) is 117 Å². The number of aliphatic carboxylic acids is 1. The van der Waals surface area contributed by atoms with Crippen molar-refractivity contribution in [1.29, 1.82) is 0 Å². The lowest BCUT2D eigenvalue weighted by Gasteiger charge is -2.71. The molecule has 0 saturated heterocycles. The van der Waals surface area contributed by atoms with Crippen molar-refractivity contribution < 1.29 is 19.4 Å². The molecule has 6 rings (SSSR count). The molecule has 0 aromatic heterocycles. The summed E-state index contributed by atoms with van der Waals surface area (Å²) < 4.78 is 6.26. The molecule has 4 heteroatoms. The molecule has 10 atom stereocenters. The number of rotatable bonds is 3. The summed E-state index contributed by atoms with van der Waals surface area (Å²) >= 11 is 0. The zero-order valence-corrected chi connectivity index (χ0v) is 26.5. The van der Waals surface area contributed by atoms with E-state index in [1.165, 1.54) is 5.57 Å². The van der Waals surface area contributed by atoms with Crippen LogP contribution in [-0.4, -0.2) is 23.1 Å². The highest BCUT2D eigenvalue weighted by Crippen LogP contribution is 2.75. The summed E-state index contributed by atoms with van der Waals surface area (Å²) in [5, 5.41) is 10.6. The highest BCUT2D eigenvalue weighted by molar-refractivity contribution is 5.89. The monoisotopic (exact) mass is 560 g/mol. The van der Waals surface area contributed by atoms with Crippen LogP contribution >= 0.6 is 0 Å². The van der Waals surface area contributed by atoms with Gasteiger partial charge in [0.2, 0.25) is 0 Å². The molecule has 5 aliphatic carbocycles. The Bertz CT molecular complexity index is 1250. The van der Waals surface area contributed by atoms with E-state index in [0.29, 0.717) is 29.2 Å². The van der Waals surface area contributed by atoms with Gasteiger partial charge in [-0.1, -0.05) is 78.3 Å². The Morgan fingerprint density at radius 1 is 0.854 bits per heavy atom. The third-order valence-electron chi connectivity index (χ3n) is 14.6. The molecule has 1 aromatic rings. The van der Waals surface area contributed by atoms with Crippen molar-refractivity contribution in [2.24, 2.45) is 56.7 Å². The maximum Gasteiger partial charge on any atom is 0.338 e. The van der Waals surface area contributed by atoms with E-state index in [0.717, 1.165) is 57.8 Å². The molecule has 41 heavy (non-hydrogen) atoms. The second-order valence-electron chi connectivity index (χ2n) is 16.2. The summed E-state index contributed by atoms with van der Waals surface area (Å²) in [5.74, 6) is 1.36. The summed E-state index contributed by atoms with van der Waals surface area (Å²) in [6.07, 6.45) is 11.4. The van der Waals surface area contributed by atoms with E-state index in [2.05, 4.69) is 54.5 Å². The zero-order valence-electron chi connectivity index (χ0n) is 26.5. The molecule has 1 aromatic carbocycles. The van der Waals surface area contributed by atoms with E-state index in [-0.39, 0.29) is 39.7 Å². The minimum atomic E-state index is -0.593. The Morgan fingerprint density at radius 2 is 1.56 bits per heavy atom. The fraction of sp³-hybridized carbons (Fsp3) is 0.730. The van der Waals surface area contributed by atoms with Crippen LogP contribution < -0.4 is 0 Å². The topological polar surface area (TPSA) is 63.6 Å². The van der Waals surface area contributed by atoms with Crippen molar-refractivity contribution in [2.75, 3.05) is 0 Å². The summed E-state index contributed by atoms with van der Waals surface area (Å²) in [7, 11) is 0. The second-order valence-corrected chi connectivity index (χ2v) is 16.2. The number of carboxylic acid groups (broad SMARTS) is 1. The third-order valence-corrected chi connectivity index (χ3v) is 14.6. The number of carbonyl (C=O) groups excluding carboxylic acids is 1. The van der Waals surface area contributed by atoms with Crippen molar-refractivity contribution in [3.05, 3.63) is 47.5 Å². The van der Waals surface area contributed by atoms with E-state index in [1.54, 1.807) is 0 Å². The van der Waals surface area contributed by atoms with Crippen molar-refractivity contribution in [2.45, 2.75) is 112 Å².